The number of carbonyl (C=O) groups is 1. The summed E-state index contributed by atoms with van der Waals surface area (Å²) in [6.07, 6.45) is -1.02. The summed E-state index contributed by atoms with van der Waals surface area (Å²) in [5.74, 6) is -0.110. The number of anilines is 2. The van der Waals surface area contributed by atoms with Crippen LogP contribution in [0.5, 0.6) is 5.75 Å². The Hall–Kier alpha value is -3.03. The number of benzene rings is 3. The van der Waals surface area contributed by atoms with Crippen LogP contribution in [-0.2, 0) is 14.8 Å². The van der Waals surface area contributed by atoms with E-state index in [2.05, 4.69) is 5.32 Å². The Morgan fingerprint density at radius 2 is 1.65 bits per heavy atom. The van der Waals surface area contributed by atoms with Crippen molar-refractivity contribution in [2.24, 2.45) is 0 Å². The Morgan fingerprint density at radius 1 is 1.00 bits per heavy atom. The summed E-state index contributed by atoms with van der Waals surface area (Å²) in [6, 6.07) is 18.5. The maximum Gasteiger partial charge on any atom is 0.267 e. The smallest absolute Gasteiger partial charge is 0.267 e. The molecule has 6 nitrogen and oxygen atoms in total. The van der Waals surface area contributed by atoms with Crippen molar-refractivity contribution in [3.63, 3.8) is 0 Å². The highest BCUT2D eigenvalue weighted by Crippen LogP contribution is 2.38. The number of nitrogens with one attached hydrogen (secondary N) is 1. The van der Waals surface area contributed by atoms with Crippen LogP contribution in [0.3, 0.4) is 0 Å². The molecule has 0 radical (unpaired) electrons. The molecule has 0 fully saturated rings. The van der Waals surface area contributed by atoms with E-state index in [0.717, 1.165) is 11.1 Å². The normalized spacial score (nSPS) is 15.7. The molecule has 1 heterocycles. The number of hydrogen-bond acceptors (Lipinski definition) is 4. The first kappa shape index (κ1) is 21.2. The lowest BCUT2D eigenvalue weighted by Crippen LogP contribution is -2.48. The number of sulfonamides is 1. The van der Waals surface area contributed by atoms with Crippen molar-refractivity contribution in [1.29, 1.82) is 0 Å². The molecule has 0 aromatic heterocycles. The quantitative estimate of drug-likeness (QED) is 0.624. The molecular weight excluding hydrogens is 436 g/mol. The van der Waals surface area contributed by atoms with Gasteiger partial charge in [0.05, 0.1) is 17.1 Å². The number of hydrogen-bond donors (Lipinski definition) is 1. The molecule has 0 spiro atoms. The van der Waals surface area contributed by atoms with E-state index in [4.69, 9.17) is 16.3 Å². The van der Waals surface area contributed by atoms with Crippen molar-refractivity contribution in [2.75, 3.05) is 16.2 Å². The highest BCUT2D eigenvalue weighted by atomic mass is 35.5. The molecule has 4 rings (SSSR count). The first-order chi connectivity index (χ1) is 14.7. The van der Waals surface area contributed by atoms with Crippen LogP contribution in [0.4, 0.5) is 11.4 Å². The minimum atomic E-state index is -3.90. The van der Waals surface area contributed by atoms with E-state index in [1.165, 1.54) is 4.31 Å². The molecule has 1 aliphatic heterocycles. The topological polar surface area (TPSA) is 75.7 Å². The van der Waals surface area contributed by atoms with Gasteiger partial charge in [-0.15, -0.1) is 0 Å². The number of carbonyl (C=O) groups excluding carboxylic acids is 1. The van der Waals surface area contributed by atoms with Gasteiger partial charge in [-0.1, -0.05) is 35.4 Å². The first-order valence-corrected chi connectivity index (χ1v) is 11.5. The van der Waals surface area contributed by atoms with E-state index < -0.39 is 22.0 Å². The van der Waals surface area contributed by atoms with Gasteiger partial charge in [0.1, 0.15) is 5.75 Å². The maximum atomic E-state index is 13.5. The highest BCUT2D eigenvalue weighted by molar-refractivity contribution is 7.92. The van der Waals surface area contributed by atoms with Crippen molar-refractivity contribution >= 4 is 38.9 Å². The van der Waals surface area contributed by atoms with Crippen LogP contribution in [0.25, 0.3) is 0 Å². The summed E-state index contributed by atoms with van der Waals surface area (Å²) in [6.45, 7) is 3.61. The molecule has 8 heteroatoms. The lowest BCUT2D eigenvalue weighted by molar-refractivity contribution is -0.122. The van der Waals surface area contributed by atoms with Crippen LogP contribution < -0.4 is 14.4 Å². The van der Waals surface area contributed by atoms with Crippen molar-refractivity contribution in [3.05, 3.63) is 82.9 Å². The van der Waals surface area contributed by atoms with Crippen LogP contribution >= 0.6 is 11.6 Å². The maximum absolute atomic E-state index is 13.5. The van der Waals surface area contributed by atoms with Gasteiger partial charge >= 0.3 is 0 Å². The monoisotopic (exact) mass is 456 g/mol. The number of rotatable bonds is 4. The molecule has 1 amide bonds. The fourth-order valence-electron chi connectivity index (χ4n) is 3.32. The number of halogens is 1. The van der Waals surface area contributed by atoms with E-state index in [-0.39, 0.29) is 11.4 Å². The lowest BCUT2D eigenvalue weighted by atomic mass is 10.1. The molecular formula is C23H21ClN2O4S. The molecule has 1 aliphatic rings. The summed E-state index contributed by atoms with van der Waals surface area (Å²) in [5, 5.41) is 3.30. The van der Waals surface area contributed by atoms with Gasteiger partial charge in [-0.2, -0.15) is 0 Å². The molecule has 1 atom stereocenters. The first-order valence-electron chi connectivity index (χ1n) is 9.67. The van der Waals surface area contributed by atoms with Gasteiger partial charge in [0, 0.05) is 10.7 Å². The third kappa shape index (κ3) is 4.38. The fraction of sp³-hybridized carbons (Fsp3) is 0.174. The average Bonchev–Trinajstić information content (AvgIpc) is 2.74. The van der Waals surface area contributed by atoms with Gasteiger partial charge < -0.3 is 10.1 Å². The second-order valence-electron chi connectivity index (χ2n) is 7.42. The molecule has 3 aromatic carbocycles. The van der Waals surface area contributed by atoms with Crippen LogP contribution in [0.1, 0.15) is 11.1 Å². The lowest BCUT2D eigenvalue weighted by Gasteiger charge is -2.35. The fourth-order valence-corrected chi connectivity index (χ4v) is 4.91. The standard InChI is InChI=1S/C23H21ClN2O4S/c1-15-3-10-19(11-4-15)31(28,29)26-14-22(30-21-12-5-16(2)13-20(21)26)23(27)25-18-8-6-17(24)7-9-18/h3-13,22H,14H2,1-2H3,(H,25,27). The molecule has 1 unspecified atom stereocenters. The molecule has 160 valence electrons. The van der Waals surface area contributed by atoms with E-state index in [1.54, 1.807) is 60.7 Å². The number of amides is 1. The van der Waals surface area contributed by atoms with E-state index in [1.807, 2.05) is 19.9 Å². The van der Waals surface area contributed by atoms with Gasteiger partial charge in [-0.05, 0) is 67.9 Å². The Balaban J connectivity index is 1.69. The molecule has 0 aliphatic carbocycles. The molecule has 0 saturated carbocycles. The molecule has 31 heavy (non-hydrogen) atoms. The van der Waals surface area contributed by atoms with Gasteiger partial charge in [0.2, 0.25) is 0 Å². The molecule has 0 saturated heterocycles. The molecule has 1 N–H and O–H groups in total. The van der Waals surface area contributed by atoms with E-state index in [9.17, 15) is 13.2 Å². The largest absolute Gasteiger partial charge is 0.476 e. The predicted molar refractivity (Wildman–Crippen MR) is 121 cm³/mol. The van der Waals surface area contributed by atoms with Gasteiger partial charge in [0.15, 0.2) is 6.10 Å². The third-order valence-electron chi connectivity index (χ3n) is 5.00. The summed E-state index contributed by atoms with van der Waals surface area (Å²) in [4.78, 5) is 13.0. The van der Waals surface area contributed by atoms with Crippen molar-refractivity contribution in [3.8, 4) is 5.75 Å². The Labute approximate surface area is 186 Å². The van der Waals surface area contributed by atoms with E-state index in [0.29, 0.717) is 22.1 Å². The zero-order valence-electron chi connectivity index (χ0n) is 17.0. The van der Waals surface area contributed by atoms with Crippen LogP contribution in [-0.4, -0.2) is 27.0 Å². The van der Waals surface area contributed by atoms with Gasteiger partial charge in [0.25, 0.3) is 15.9 Å². The van der Waals surface area contributed by atoms with Gasteiger partial charge in [-0.3, -0.25) is 9.10 Å². The van der Waals surface area contributed by atoms with Crippen molar-refractivity contribution < 1.29 is 17.9 Å². The minimum Gasteiger partial charge on any atom is -0.476 e. The van der Waals surface area contributed by atoms with Gasteiger partial charge in [-0.25, -0.2) is 8.42 Å². The Morgan fingerprint density at radius 3 is 2.32 bits per heavy atom. The number of ether oxygens (including phenoxy) is 1. The Kier molecular flexibility index (Phi) is 5.64. The zero-order valence-corrected chi connectivity index (χ0v) is 18.6. The Bertz CT molecular complexity index is 1230. The molecule has 0 bridgehead atoms. The number of aryl methyl sites for hydroxylation is 2. The predicted octanol–water partition coefficient (Wildman–Crippen LogP) is 4.55. The molecule has 3 aromatic rings. The van der Waals surface area contributed by atoms with Crippen molar-refractivity contribution in [1.82, 2.24) is 0 Å². The summed E-state index contributed by atoms with van der Waals surface area (Å²) >= 11 is 5.89. The summed E-state index contributed by atoms with van der Waals surface area (Å²) in [7, 11) is -3.90. The summed E-state index contributed by atoms with van der Waals surface area (Å²) in [5.41, 5.74) is 2.80. The van der Waals surface area contributed by atoms with E-state index >= 15 is 0 Å². The highest BCUT2D eigenvalue weighted by Gasteiger charge is 2.37. The second-order valence-corrected chi connectivity index (χ2v) is 9.72. The van der Waals surface area contributed by atoms with Crippen LogP contribution in [0.2, 0.25) is 5.02 Å². The number of nitrogens with zero attached hydrogens (tertiary/aromatic N) is 1. The van der Waals surface area contributed by atoms with Crippen LogP contribution in [0.15, 0.2) is 71.6 Å². The summed E-state index contributed by atoms with van der Waals surface area (Å²) < 4.78 is 34.0. The SMILES string of the molecule is Cc1ccc(S(=O)(=O)N2CC(C(=O)Nc3ccc(Cl)cc3)Oc3ccc(C)cc32)cc1. The second kappa shape index (κ2) is 8.24. The number of fused-ring (bicyclic) bond motifs is 1. The minimum absolute atomic E-state index is 0.147. The zero-order chi connectivity index (χ0) is 22.2. The van der Waals surface area contributed by atoms with Crippen LogP contribution in [0, 0.1) is 13.8 Å². The average molecular weight is 457 g/mol. The third-order valence-corrected chi connectivity index (χ3v) is 7.04. The van der Waals surface area contributed by atoms with Crippen molar-refractivity contribution in [2.45, 2.75) is 24.8 Å².